The summed E-state index contributed by atoms with van der Waals surface area (Å²) in [7, 11) is 0. The molecule has 56 valence electrons. The second-order valence-electron chi connectivity index (χ2n) is 1.73. The fourth-order valence-corrected chi connectivity index (χ4v) is 0.634. The number of imidazole rings is 1. The van der Waals surface area contributed by atoms with E-state index >= 15 is 0 Å². The Morgan fingerprint density at radius 2 is 2.50 bits per heavy atom. The van der Waals surface area contributed by atoms with Gasteiger partial charge in [-0.2, -0.15) is 0 Å². The number of allylic oxidation sites excluding steroid dienone is 1. The van der Waals surface area contributed by atoms with Gasteiger partial charge < -0.3 is 10.3 Å². The minimum Gasteiger partial charge on any atom is -0.369 e. The third kappa shape index (κ3) is 1.77. The molecule has 0 aliphatic heterocycles. The lowest BCUT2D eigenvalue weighted by molar-refractivity contribution is 0.836. The fourth-order valence-electron chi connectivity index (χ4n) is 0.634. The van der Waals surface area contributed by atoms with Crippen LogP contribution in [0.1, 0.15) is 0 Å². The van der Waals surface area contributed by atoms with Gasteiger partial charge in [0.1, 0.15) is 0 Å². The normalized spacial score (nSPS) is 8.40. The quantitative estimate of drug-likeness (QED) is 0.657. The zero-order chi connectivity index (χ0) is 6.69. The lowest BCUT2D eigenvalue weighted by Crippen LogP contribution is -1.99. The van der Waals surface area contributed by atoms with Gasteiger partial charge in [0.2, 0.25) is 0 Å². The molecule has 1 heterocycles. The number of nitrogens with two attached hydrogens (primary N) is 1. The van der Waals surface area contributed by atoms with E-state index in [-0.39, 0.29) is 12.4 Å². The largest absolute Gasteiger partial charge is 0.369 e. The number of hydrogen-bond acceptors (Lipinski definition) is 2. The van der Waals surface area contributed by atoms with E-state index < -0.39 is 0 Å². The second kappa shape index (κ2) is 3.95. The van der Waals surface area contributed by atoms with Crippen molar-refractivity contribution < 1.29 is 0 Å². The highest BCUT2D eigenvalue weighted by Crippen LogP contribution is 1.96. The molecule has 0 aliphatic carbocycles. The zero-order valence-corrected chi connectivity index (χ0v) is 6.34. The molecule has 1 rings (SSSR count). The van der Waals surface area contributed by atoms with Gasteiger partial charge in [-0.3, -0.25) is 0 Å². The molecule has 1 aromatic rings. The smallest absolute Gasteiger partial charge is 0.200 e. The molecule has 0 saturated heterocycles. The molecular formula is C6H10ClN3. The molecular weight excluding hydrogens is 150 g/mol. The number of nitrogen functional groups attached to an aromatic ring is 1. The highest BCUT2D eigenvalue weighted by Gasteiger charge is 1.90. The number of hydrogen-bond donors (Lipinski definition) is 1. The second-order valence-corrected chi connectivity index (χ2v) is 1.73. The minimum atomic E-state index is 0. The van der Waals surface area contributed by atoms with Crippen LogP contribution in [0, 0.1) is 0 Å². The Labute approximate surface area is 66.0 Å². The molecule has 3 nitrogen and oxygen atoms in total. The summed E-state index contributed by atoms with van der Waals surface area (Å²) >= 11 is 0. The van der Waals surface area contributed by atoms with E-state index in [9.17, 15) is 0 Å². The molecule has 0 unspecified atom stereocenters. The van der Waals surface area contributed by atoms with Gasteiger partial charge >= 0.3 is 0 Å². The van der Waals surface area contributed by atoms with Crippen LogP contribution in [0.2, 0.25) is 0 Å². The number of anilines is 1. The average molecular weight is 160 g/mol. The maximum Gasteiger partial charge on any atom is 0.200 e. The van der Waals surface area contributed by atoms with Gasteiger partial charge in [-0.05, 0) is 0 Å². The molecule has 0 atom stereocenters. The van der Waals surface area contributed by atoms with Crippen LogP contribution >= 0.6 is 12.4 Å². The predicted molar refractivity (Wildman–Crippen MR) is 44.1 cm³/mol. The minimum absolute atomic E-state index is 0. The van der Waals surface area contributed by atoms with Crippen LogP contribution in [-0.2, 0) is 6.54 Å². The summed E-state index contributed by atoms with van der Waals surface area (Å²) in [5.41, 5.74) is 5.43. The summed E-state index contributed by atoms with van der Waals surface area (Å²) in [5.74, 6) is 0.537. The highest BCUT2D eigenvalue weighted by molar-refractivity contribution is 5.85. The van der Waals surface area contributed by atoms with E-state index in [1.54, 1.807) is 12.3 Å². The Kier molecular flexibility index (Phi) is 3.57. The molecule has 0 aliphatic rings. The van der Waals surface area contributed by atoms with E-state index in [2.05, 4.69) is 11.6 Å². The third-order valence-corrected chi connectivity index (χ3v) is 1.07. The summed E-state index contributed by atoms with van der Waals surface area (Å²) in [5, 5.41) is 0. The van der Waals surface area contributed by atoms with Crippen molar-refractivity contribution in [2.24, 2.45) is 0 Å². The molecule has 0 amide bonds. The van der Waals surface area contributed by atoms with Crippen LogP contribution in [0.3, 0.4) is 0 Å². The maximum absolute atomic E-state index is 5.43. The summed E-state index contributed by atoms with van der Waals surface area (Å²) in [6, 6.07) is 0. The van der Waals surface area contributed by atoms with Gasteiger partial charge in [-0.1, -0.05) is 6.08 Å². The number of nitrogens with zero attached hydrogens (tertiary/aromatic N) is 2. The van der Waals surface area contributed by atoms with Gasteiger partial charge in [-0.15, -0.1) is 19.0 Å². The Morgan fingerprint density at radius 3 is 2.90 bits per heavy atom. The van der Waals surface area contributed by atoms with Gasteiger partial charge in [0.05, 0.1) is 0 Å². The third-order valence-electron chi connectivity index (χ3n) is 1.07. The van der Waals surface area contributed by atoms with Crippen molar-refractivity contribution in [3.63, 3.8) is 0 Å². The van der Waals surface area contributed by atoms with E-state index in [0.29, 0.717) is 5.95 Å². The van der Waals surface area contributed by atoms with Gasteiger partial charge in [-0.25, -0.2) is 4.98 Å². The number of aromatic nitrogens is 2. The van der Waals surface area contributed by atoms with Gasteiger partial charge in [0.25, 0.3) is 0 Å². The van der Waals surface area contributed by atoms with Crippen LogP contribution in [0.15, 0.2) is 25.0 Å². The van der Waals surface area contributed by atoms with Crippen LogP contribution < -0.4 is 5.73 Å². The van der Waals surface area contributed by atoms with Crippen molar-refractivity contribution in [2.45, 2.75) is 6.54 Å². The number of rotatable bonds is 2. The fraction of sp³-hybridized carbons (Fsp3) is 0.167. The van der Waals surface area contributed by atoms with Crippen molar-refractivity contribution >= 4 is 18.4 Å². The first-order valence-corrected chi connectivity index (χ1v) is 2.72. The molecule has 1 aromatic heterocycles. The standard InChI is InChI=1S/C6H9N3.ClH/c1-2-4-9-5-3-8-6(9)7;/h2-3,5H,1,4H2,(H2,7,8);1H. The summed E-state index contributed by atoms with van der Waals surface area (Å²) in [6.45, 7) is 4.30. The molecule has 4 heteroatoms. The monoisotopic (exact) mass is 159 g/mol. The first kappa shape index (κ1) is 9.04. The summed E-state index contributed by atoms with van der Waals surface area (Å²) in [6.07, 6.45) is 5.26. The Morgan fingerprint density at radius 1 is 1.80 bits per heavy atom. The summed E-state index contributed by atoms with van der Waals surface area (Å²) in [4.78, 5) is 3.83. The molecule has 2 N–H and O–H groups in total. The molecule has 0 aromatic carbocycles. The predicted octanol–water partition coefficient (Wildman–Crippen LogP) is 1.07. The van der Waals surface area contributed by atoms with Gasteiger partial charge in [0, 0.05) is 18.9 Å². The van der Waals surface area contributed by atoms with E-state index in [1.807, 2.05) is 10.8 Å². The van der Waals surface area contributed by atoms with E-state index in [0.717, 1.165) is 6.54 Å². The van der Waals surface area contributed by atoms with Crippen molar-refractivity contribution in [1.82, 2.24) is 9.55 Å². The molecule has 0 fully saturated rings. The van der Waals surface area contributed by atoms with E-state index in [1.165, 1.54) is 0 Å². The van der Waals surface area contributed by atoms with Crippen molar-refractivity contribution in [2.75, 3.05) is 5.73 Å². The first-order chi connectivity index (χ1) is 4.34. The van der Waals surface area contributed by atoms with Crippen molar-refractivity contribution in [3.8, 4) is 0 Å². The molecule has 0 bridgehead atoms. The Balaban J connectivity index is 0.000000810. The SMILES string of the molecule is C=CCn1ccnc1N.Cl. The summed E-state index contributed by atoms with van der Waals surface area (Å²) < 4.78 is 1.81. The highest BCUT2D eigenvalue weighted by atomic mass is 35.5. The Hall–Kier alpha value is -0.960. The van der Waals surface area contributed by atoms with Gasteiger partial charge in [0.15, 0.2) is 5.95 Å². The molecule has 10 heavy (non-hydrogen) atoms. The molecule has 0 spiro atoms. The van der Waals surface area contributed by atoms with Crippen molar-refractivity contribution in [1.29, 1.82) is 0 Å². The van der Waals surface area contributed by atoms with Crippen LogP contribution in [0.4, 0.5) is 5.95 Å². The Bertz CT molecular complexity index is 207. The zero-order valence-electron chi connectivity index (χ0n) is 5.53. The topological polar surface area (TPSA) is 43.8 Å². The lowest BCUT2D eigenvalue weighted by atomic mass is 10.6. The van der Waals surface area contributed by atoms with Crippen LogP contribution in [0.5, 0.6) is 0 Å². The molecule has 0 saturated carbocycles. The lowest BCUT2D eigenvalue weighted by Gasteiger charge is -1.96. The van der Waals surface area contributed by atoms with Crippen molar-refractivity contribution in [3.05, 3.63) is 25.0 Å². The van der Waals surface area contributed by atoms with E-state index in [4.69, 9.17) is 5.73 Å². The van der Waals surface area contributed by atoms with Crippen LogP contribution in [0.25, 0.3) is 0 Å². The average Bonchev–Trinajstić information content (AvgIpc) is 2.18. The first-order valence-electron chi connectivity index (χ1n) is 2.72. The van der Waals surface area contributed by atoms with Crippen LogP contribution in [-0.4, -0.2) is 9.55 Å². The number of halogens is 1. The maximum atomic E-state index is 5.43. The molecule has 0 radical (unpaired) electrons.